The Bertz CT molecular complexity index is 721. The molecule has 2 amide bonds. The molecule has 146 valence electrons. The number of amides is 2. The van der Waals surface area contributed by atoms with E-state index < -0.39 is 0 Å². The van der Waals surface area contributed by atoms with Gasteiger partial charge < -0.3 is 15.1 Å². The maximum Gasteiger partial charge on any atom is 0.317 e. The van der Waals surface area contributed by atoms with Crippen LogP contribution in [0.3, 0.4) is 0 Å². The van der Waals surface area contributed by atoms with Gasteiger partial charge in [0.05, 0.1) is 17.4 Å². The molecular formula is C21H31N5O. The number of aromatic amines is 1. The Hall–Kier alpha value is -2.34. The van der Waals surface area contributed by atoms with Crippen LogP contribution in [0.15, 0.2) is 36.4 Å². The number of carbonyl (C=O) groups is 1. The topological polar surface area (TPSA) is 64.3 Å². The number of benzene rings is 1. The Labute approximate surface area is 161 Å². The molecule has 0 bridgehead atoms. The van der Waals surface area contributed by atoms with Crippen LogP contribution in [0.25, 0.3) is 11.3 Å². The highest BCUT2D eigenvalue weighted by molar-refractivity contribution is 5.74. The lowest BCUT2D eigenvalue weighted by molar-refractivity contribution is 0.188. The van der Waals surface area contributed by atoms with Crippen LogP contribution in [-0.2, 0) is 0 Å². The fraction of sp³-hybridized carbons (Fsp3) is 0.524. The molecule has 2 N–H and O–H groups in total. The summed E-state index contributed by atoms with van der Waals surface area (Å²) in [6.45, 7) is 5.08. The smallest absolute Gasteiger partial charge is 0.317 e. The van der Waals surface area contributed by atoms with Gasteiger partial charge in [0.1, 0.15) is 0 Å². The van der Waals surface area contributed by atoms with Gasteiger partial charge in [0.25, 0.3) is 0 Å². The molecular weight excluding hydrogens is 338 g/mol. The molecule has 1 atom stereocenters. The van der Waals surface area contributed by atoms with Crippen LogP contribution in [0.2, 0.25) is 0 Å². The number of carbonyl (C=O) groups excluding carboxylic acids is 1. The maximum atomic E-state index is 12.5. The Kier molecular flexibility index (Phi) is 6.50. The highest BCUT2D eigenvalue weighted by atomic mass is 16.2. The van der Waals surface area contributed by atoms with Gasteiger partial charge >= 0.3 is 6.03 Å². The molecule has 3 rings (SSSR count). The lowest BCUT2D eigenvalue weighted by Gasteiger charge is -2.29. The van der Waals surface area contributed by atoms with Crippen molar-refractivity contribution in [2.45, 2.75) is 32.2 Å². The summed E-state index contributed by atoms with van der Waals surface area (Å²) >= 11 is 0. The highest BCUT2D eigenvalue weighted by Crippen LogP contribution is 2.23. The molecule has 27 heavy (non-hydrogen) atoms. The standard InChI is InChI=1S/C21H31N5O/c1-16(19-15-20(24-23-19)18-7-5-4-6-8-18)26(3)21(27)22-12-9-17-10-13-25(2)14-11-17/h4-8,15-17H,9-14H2,1-3H3,(H,22,27)(H,23,24)/t16-/m0/s1. The van der Waals surface area contributed by atoms with Crippen molar-refractivity contribution in [3.63, 3.8) is 0 Å². The predicted molar refractivity (Wildman–Crippen MR) is 108 cm³/mol. The summed E-state index contributed by atoms with van der Waals surface area (Å²) in [5.74, 6) is 0.727. The summed E-state index contributed by atoms with van der Waals surface area (Å²) in [6.07, 6.45) is 3.52. The molecule has 2 aromatic rings. The van der Waals surface area contributed by atoms with Gasteiger partial charge in [-0.25, -0.2) is 4.79 Å². The summed E-state index contributed by atoms with van der Waals surface area (Å²) in [5, 5.41) is 10.5. The number of urea groups is 1. The number of rotatable bonds is 6. The minimum atomic E-state index is -0.0710. The average molecular weight is 370 g/mol. The summed E-state index contributed by atoms with van der Waals surface area (Å²) in [5.41, 5.74) is 2.90. The first-order valence-corrected chi connectivity index (χ1v) is 9.84. The molecule has 0 aliphatic carbocycles. The average Bonchev–Trinajstić information content (AvgIpc) is 3.19. The third-order valence-electron chi connectivity index (χ3n) is 5.69. The number of piperidine rings is 1. The molecule has 2 heterocycles. The second kappa shape index (κ2) is 9.04. The van der Waals surface area contributed by atoms with Crippen LogP contribution in [-0.4, -0.2) is 59.8 Å². The number of nitrogens with one attached hydrogen (secondary N) is 2. The Balaban J connectivity index is 1.48. The zero-order valence-corrected chi connectivity index (χ0v) is 16.6. The SMILES string of the molecule is C[C@@H](c1cc(-c2ccccc2)n[nH]1)N(C)C(=O)NCCC1CCN(C)CC1. The Morgan fingerprint density at radius 2 is 2.04 bits per heavy atom. The van der Waals surface area contributed by atoms with Gasteiger partial charge in [-0.3, -0.25) is 5.10 Å². The van der Waals surface area contributed by atoms with Crippen LogP contribution in [0, 0.1) is 5.92 Å². The van der Waals surface area contributed by atoms with Crippen LogP contribution in [0.4, 0.5) is 4.79 Å². The maximum absolute atomic E-state index is 12.5. The summed E-state index contributed by atoms with van der Waals surface area (Å²) in [6, 6.07) is 12.0. The number of aromatic nitrogens is 2. The van der Waals surface area contributed by atoms with Crippen molar-refractivity contribution < 1.29 is 4.79 Å². The van der Waals surface area contributed by atoms with Crippen molar-refractivity contribution in [1.29, 1.82) is 0 Å². The van der Waals surface area contributed by atoms with E-state index in [1.165, 1.54) is 25.9 Å². The van der Waals surface area contributed by atoms with Crippen molar-refractivity contribution in [2.75, 3.05) is 33.7 Å². The van der Waals surface area contributed by atoms with Gasteiger partial charge in [-0.2, -0.15) is 5.10 Å². The minimum absolute atomic E-state index is 0.0358. The zero-order valence-electron chi connectivity index (χ0n) is 16.6. The third kappa shape index (κ3) is 5.10. The molecule has 1 aliphatic heterocycles. The van der Waals surface area contributed by atoms with Crippen LogP contribution < -0.4 is 5.32 Å². The molecule has 6 heteroatoms. The molecule has 1 aromatic carbocycles. The Morgan fingerprint density at radius 3 is 2.74 bits per heavy atom. The van der Waals surface area contributed by atoms with E-state index in [0.717, 1.165) is 35.8 Å². The van der Waals surface area contributed by atoms with E-state index in [9.17, 15) is 4.79 Å². The molecule has 0 spiro atoms. The molecule has 0 radical (unpaired) electrons. The van der Waals surface area contributed by atoms with E-state index in [1.54, 1.807) is 4.90 Å². The largest absolute Gasteiger partial charge is 0.338 e. The first-order valence-electron chi connectivity index (χ1n) is 9.84. The van der Waals surface area contributed by atoms with E-state index in [0.29, 0.717) is 0 Å². The minimum Gasteiger partial charge on any atom is -0.338 e. The molecule has 1 fully saturated rings. The van der Waals surface area contributed by atoms with Gasteiger partial charge in [-0.1, -0.05) is 30.3 Å². The Morgan fingerprint density at radius 1 is 1.33 bits per heavy atom. The lowest BCUT2D eigenvalue weighted by Crippen LogP contribution is -2.40. The highest BCUT2D eigenvalue weighted by Gasteiger charge is 2.21. The quantitative estimate of drug-likeness (QED) is 0.819. The van der Waals surface area contributed by atoms with Crippen molar-refractivity contribution in [1.82, 2.24) is 25.3 Å². The number of H-pyrrole nitrogens is 1. The van der Waals surface area contributed by atoms with E-state index in [2.05, 4.69) is 27.5 Å². The number of likely N-dealkylation sites (tertiary alicyclic amines) is 1. The lowest BCUT2D eigenvalue weighted by atomic mass is 9.94. The molecule has 1 aromatic heterocycles. The molecule has 0 unspecified atom stereocenters. The van der Waals surface area contributed by atoms with Gasteiger partial charge in [-0.05, 0) is 58.3 Å². The van der Waals surface area contributed by atoms with E-state index in [4.69, 9.17) is 0 Å². The van der Waals surface area contributed by atoms with Gasteiger partial charge in [0, 0.05) is 19.2 Å². The van der Waals surface area contributed by atoms with Gasteiger partial charge in [0.2, 0.25) is 0 Å². The van der Waals surface area contributed by atoms with E-state index >= 15 is 0 Å². The van der Waals surface area contributed by atoms with Crippen LogP contribution >= 0.6 is 0 Å². The van der Waals surface area contributed by atoms with E-state index in [1.807, 2.05) is 50.4 Å². The fourth-order valence-electron chi connectivity index (χ4n) is 3.55. The number of hydrogen-bond acceptors (Lipinski definition) is 3. The molecule has 1 saturated heterocycles. The normalized spacial score (nSPS) is 16.9. The first-order chi connectivity index (χ1) is 13.0. The summed E-state index contributed by atoms with van der Waals surface area (Å²) < 4.78 is 0. The second-order valence-corrected chi connectivity index (χ2v) is 7.63. The summed E-state index contributed by atoms with van der Waals surface area (Å²) in [7, 11) is 4.01. The van der Waals surface area contributed by atoms with Crippen molar-refractivity contribution in [2.24, 2.45) is 5.92 Å². The van der Waals surface area contributed by atoms with Crippen molar-refractivity contribution in [3.05, 3.63) is 42.1 Å². The predicted octanol–water partition coefficient (Wildman–Crippen LogP) is 3.51. The zero-order chi connectivity index (χ0) is 19.2. The van der Waals surface area contributed by atoms with Crippen molar-refractivity contribution >= 4 is 6.03 Å². The molecule has 1 aliphatic rings. The van der Waals surface area contributed by atoms with Gasteiger partial charge in [-0.15, -0.1) is 0 Å². The summed E-state index contributed by atoms with van der Waals surface area (Å²) in [4.78, 5) is 16.6. The van der Waals surface area contributed by atoms with E-state index in [-0.39, 0.29) is 12.1 Å². The fourth-order valence-corrected chi connectivity index (χ4v) is 3.55. The number of nitrogens with zero attached hydrogens (tertiary/aromatic N) is 3. The van der Waals surface area contributed by atoms with Crippen LogP contribution in [0.5, 0.6) is 0 Å². The molecule has 0 saturated carbocycles. The molecule has 6 nitrogen and oxygen atoms in total. The second-order valence-electron chi connectivity index (χ2n) is 7.63. The van der Waals surface area contributed by atoms with Gasteiger partial charge in [0.15, 0.2) is 0 Å². The monoisotopic (exact) mass is 369 g/mol. The van der Waals surface area contributed by atoms with Crippen molar-refractivity contribution in [3.8, 4) is 11.3 Å². The third-order valence-corrected chi connectivity index (χ3v) is 5.69. The number of hydrogen-bond donors (Lipinski definition) is 2. The van der Waals surface area contributed by atoms with Crippen LogP contribution in [0.1, 0.15) is 37.9 Å². The first kappa shape index (κ1) is 19.4.